The molecule has 1 aromatic carbocycles. The van der Waals surface area contributed by atoms with Gasteiger partial charge in [-0.15, -0.1) is 0 Å². The minimum absolute atomic E-state index is 0.156. The lowest BCUT2D eigenvalue weighted by atomic mass is 9.96. The summed E-state index contributed by atoms with van der Waals surface area (Å²) in [6, 6.07) is 4.86. The van der Waals surface area contributed by atoms with Gasteiger partial charge >= 0.3 is 17.9 Å². The van der Waals surface area contributed by atoms with Crippen LogP contribution in [0.25, 0.3) is 0 Å². The summed E-state index contributed by atoms with van der Waals surface area (Å²) in [5.41, 5.74) is -1.04. The van der Waals surface area contributed by atoms with Crippen LogP contribution in [0, 0.1) is 0 Å². The summed E-state index contributed by atoms with van der Waals surface area (Å²) in [6.45, 7) is 3.05. The minimum atomic E-state index is -1.36. The molecule has 2 heterocycles. The van der Waals surface area contributed by atoms with Crippen LogP contribution in [-0.4, -0.2) is 71.1 Å². The number of imide groups is 1. The average molecular weight is 454 g/mol. The van der Waals surface area contributed by atoms with Crippen molar-refractivity contribution in [2.24, 2.45) is 0 Å². The Morgan fingerprint density at radius 3 is 1.94 bits per heavy atom. The zero-order valence-electron chi connectivity index (χ0n) is 16.9. The van der Waals surface area contributed by atoms with E-state index in [-0.39, 0.29) is 17.7 Å². The number of esters is 3. The van der Waals surface area contributed by atoms with Gasteiger partial charge in [0.15, 0.2) is 17.8 Å². The molecule has 2 aliphatic rings. The fraction of sp³-hybridized carbons (Fsp3) is 0.450. The Bertz CT molecular complexity index is 898. The molecule has 11 heteroatoms. The predicted octanol–water partition coefficient (Wildman–Crippen LogP) is 1.04. The molecule has 0 aliphatic carbocycles. The molecule has 166 valence electrons. The van der Waals surface area contributed by atoms with Crippen molar-refractivity contribution in [3.63, 3.8) is 0 Å². The Balaban J connectivity index is 2.01. The Hall–Kier alpha value is -2.98. The van der Waals surface area contributed by atoms with E-state index in [2.05, 4.69) is 0 Å². The molecule has 3 rings (SSSR count). The number of amides is 2. The van der Waals surface area contributed by atoms with E-state index in [4.69, 9.17) is 30.5 Å². The summed E-state index contributed by atoms with van der Waals surface area (Å²) in [5.74, 6) is -3.44. The lowest BCUT2D eigenvalue weighted by molar-refractivity contribution is -0.218. The first-order chi connectivity index (χ1) is 14.6. The monoisotopic (exact) mass is 453 g/mol. The topological polar surface area (TPSA) is 126 Å². The number of carbonyl (C=O) groups excluding carboxylic acids is 5. The molecular weight excluding hydrogens is 434 g/mol. The molecule has 2 amide bonds. The first-order valence-electron chi connectivity index (χ1n) is 9.36. The van der Waals surface area contributed by atoms with E-state index >= 15 is 0 Å². The largest absolute Gasteiger partial charge is 0.463 e. The van der Waals surface area contributed by atoms with E-state index in [1.54, 1.807) is 12.1 Å². The van der Waals surface area contributed by atoms with Gasteiger partial charge in [-0.05, 0) is 12.1 Å². The summed E-state index contributed by atoms with van der Waals surface area (Å²) in [5, 5.41) is 0. The number of rotatable bonds is 5. The molecule has 0 spiro atoms. The molecule has 2 aliphatic heterocycles. The summed E-state index contributed by atoms with van der Waals surface area (Å²) >= 11 is 6.39. The van der Waals surface area contributed by atoms with Crippen molar-refractivity contribution in [1.29, 1.82) is 0 Å². The highest BCUT2D eigenvalue weighted by molar-refractivity contribution is 6.24. The van der Waals surface area contributed by atoms with E-state index in [1.807, 2.05) is 0 Å². The first kappa shape index (κ1) is 22.7. The van der Waals surface area contributed by atoms with E-state index in [9.17, 15) is 24.0 Å². The maximum absolute atomic E-state index is 13.0. The predicted molar refractivity (Wildman–Crippen MR) is 103 cm³/mol. The van der Waals surface area contributed by atoms with Crippen molar-refractivity contribution in [3.8, 4) is 0 Å². The van der Waals surface area contributed by atoms with Gasteiger partial charge in [-0.25, -0.2) is 0 Å². The van der Waals surface area contributed by atoms with Crippen LogP contribution in [0.5, 0.6) is 0 Å². The Kier molecular flexibility index (Phi) is 6.61. The minimum Gasteiger partial charge on any atom is -0.463 e. The lowest BCUT2D eigenvalue weighted by Gasteiger charge is -2.45. The highest BCUT2D eigenvalue weighted by Gasteiger charge is 2.56. The third-order valence-corrected chi connectivity index (χ3v) is 5.14. The molecule has 0 unspecified atom stereocenters. The van der Waals surface area contributed by atoms with Crippen molar-refractivity contribution < 1.29 is 42.9 Å². The zero-order chi connectivity index (χ0) is 22.9. The second kappa shape index (κ2) is 9.03. The molecule has 0 saturated carbocycles. The first-order valence-corrected chi connectivity index (χ1v) is 9.79. The molecular formula is C20H20ClNO9. The summed E-state index contributed by atoms with van der Waals surface area (Å²) in [4.78, 5) is 61.6. The molecule has 1 aromatic rings. The van der Waals surface area contributed by atoms with Crippen LogP contribution in [0.4, 0.5) is 0 Å². The second-order valence-electron chi connectivity index (χ2n) is 6.99. The summed E-state index contributed by atoms with van der Waals surface area (Å²) < 4.78 is 21.3. The number of hydrogen-bond donors (Lipinski definition) is 0. The lowest BCUT2D eigenvalue weighted by Crippen LogP contribution is -2.65. The van der Waals surface area contributed by atoms with Crippen LogP contribution in [0.3, 0.4) is 0 Å². The van der Waals surface area contributed by atoms with Crippen LogP contribution in [0.2, 0.25) is 0 Å². The van der Waals surface area contributed by atoms with Crippen LogP contribution in [0.15, 0.2) is 24.3 Å². The van der Waals surface area contributed by atoms with Gasteiger partial charge in [0.2, 0.25) is 0 Å². The molecule has 0 radical (unpaired) electrons. The number of hydrogen-bond acceptors (Lipinski definition) is 9. The molecule has 1 fully saturated rings. The van der Waals surface area contributed by atoms with Crippen LogP contribution < -0.4 is 0 Å². The maximum Gasteiger partial charge on any atom is 0.303 e. The van der Waals surface area contributed by atoms with Gasteiger partial charge in [0.1, 0.15) is 18.8 Å². The molecule has 0 aromatic heterocycles. The van der Waals surface area contributed by atoms with Crippen molar-refractivity contribution in [3.05, 3.63) is 35.4 Å². The van der Waals surface area contributed by atoms with Crippen molar-refractivity contribution in [2.45, 2.75) is 50.7 Å². The third kappa shape index (κ3) is 4.54. The van der Waals surface area contributed by atoms with Crippen LogP contribution >= 0.6 is 11.6 Å². The highest BCUT2D eigenvalue weighted by Crippen LogP contribution is 2.36. The number of alkyl halides is 1. The van der Waals surface area contributed by atoms with E-state index in [1.165, 1.54) is 19.1 Å². The zero-order valence-corrected chi connectivity index (χ0v) is 17.7. The second-order valence-corrected chi connectivity index (χ2v) is 7.42. The van der Waals surface area contributed by atoms with Gasteiger partial charge in [-0.2, -0.15) is 0 Å². The van der Waals surface area contributed by atoms with Gasteiger partial charge < -0.3 is 18.9 Å². The smallest absolute Gasteiger partial charge is 0.303 e. The summed E-state index contributed by atoms with van der Waals surface area (Å²) in [6.07, 6.45) is -3.77. The molecule has 5 atom stereocenters. The van der Waals surface area contributed by atoms with Gasteiger partial charge in [0.05, 0.1) is 11.1 Å². The maximum atomic E-state index is 13.0. The molecule has 0 bridgehead atoms. The van der Waals surface area contributed by atoms with Crippen LogP contribution in [0.1, 0.15) is 41.5 Å². The van der Waals surface area contributed by atoms with E-state index < -0.39 is 59.6 Å². The van der Waals surface area contributed by atoms with Gasteiger partial charge in [0, 0.05) is 20.8 Å². The molecule has 31 heavy (non-hydrogen) atoms. The Labute approximate surface area is 182 Å². The fourth-order valence-corrected chi connectivity index (χ4v) is 4.01. The Morgan fingerprint density at radius 2 is 1.45 bits per heavy atom. The van der Waals surface area contributed by atoms with E-state index in [0.717, 1.165) is 18.7 Å². The normalized spacial score (nSPS) is 27.5. The quantitative estimate of drug-likeness (QED) is 0.278. The number of carbonyl (C=O) groups is 5. The molecule has 1 saturated heterocycles. The van der Waals surface area contributed by atoms with Crippen LogP contribution in [-0.2, 0) is 33.3 Å². The number of ether oxygens (including phenoxy) is 4. The number of benzene rings is 1. The fourth-order valence-electron chi connectivity index (χ4n) is 3.62. The number of fused-ring (bicyclic) bond motifs is 1. The summed E-state index contributed by atoms with van der Waals surface area (Å²) in [7, 11) is 0. The average Bonchev–Trinajstić information content (AvgIpc) is 2.93. The van der Waals surface area contributed by atoms with Crippen molar-refractivity contribution in [2.75, 3.05) is 6.61 Å². The SMILES string of the molecule is CC(=O)OC[C@H]1O[C@@H](Cl)[C@H](N2C(=O)c3ccccc3C2=O)[C@@H](OC(C)=O)[C@@H]1OC(C)=O. The van der Waals surface area contributed by atoms with Gasteiger partial charge in [-0.1, -0.05) is 23.7 Å². The number of nitrogens with zero attached hydrogens (tertiary/aromatic N) is 1. The molecule has 0 N–H and O–H groups in total. The third-order valence-electron chi connectivity index (χ3n) is 4.78. The van der Waals surface area contributed by atoms with E-state index in [0.29, 0.717) is 0 Å². The number of halogens is 1. The van der Waals surface area contributed by atoms with Gasteiger partial charge in [0.25, 0.3) is 11.8 Å². The Morgan fingerprint density at radius 1 is 0.935 bits per heavy atom. The highest BCUT2D eigenvalue weighted by atomic mass is 35.5. The van der Waals surface area contributed by atoms with Gasteiger partial charge in [-0.3, -0.25) is 28.9 Å². The standard InChI is InChI=1S/C20H20ClNO9/c1-9(23)28-8-14-16(29-10(2)24)17(30-11(3)25)15(18(21)31-14)22-19(26)12-6-4-5-7-13(12)20(22)27/h4-7,14-18H,8H2,1-3H3/t14-,15-,16-,17-,18-/m1/s1. The van der Waals surface area contributed by atoms with Crippen molar-refractivity contribution in [1.82, 2.24) is 4.90 Å². The van der Waals surface area contributed by atoms with Crippen molar-refractivity contribution >= 4 is 41.3 Å². The molecule has 10 nitrogen and oxygen atoms in total.